The van der Waals surface area contributed by atoms with Crippen LogP contribution < -0.4 is 5.32 Å². The van der Waals surface area contributed by atoms with Gasteiger partial charge in [-0.1, -0.05) is 13.8 Å². The van der Waals surface area contributed by atoms with Gasteiger partial charge < -0.3 is 5.32 Å². The normalized spacial score (nSPS) is 13.5. The summed E-state index contributed by atoms with van der Waals surface area (Å²) in [7, 11) is 0. The van der Waals surface area contributed by atoms with Gasteiger partial charge in [0.05, 0.1) is 10.8 Å². The molecule has 0 heterocycles. The maximum Gasteiger partial charge on any atom is 0.416 e. The molecule has 1 unspecified atom stereocenters. The molecule has 0 aliphatic rings. The number of thiol groups is 1. The molecule has 0 spiro atoms. The molecule has 6 heteroatoms. The Hall–Kier alpha value is -1.17. The summed E-state index contributed by atoms with van der Waals surface area (Å²) in [5, 5.41) is 2.03. The molecule has 0 aliphatic carbocycles. The third-order valence-electron chi connectivity index (χ3n) is 2.38. The van der Waals surface area contributed by atoms with Crippen molar-refractivity contribution in [2.45, 2.75) is 25.3 Å². The predicted octanol–water partition coefficient (Wildman–Crippen LogP) is 3.60. The van der Waals surface area contributed by atoms with Gasteiger partial charge >= 0.3 is 6.18 Å². The van der Waals surface area contributed by atoms with E-state index in [1.807, 2.05) is 13.8 Å². The second-order valence-electron chi connectivity index (χ2n) is 4.25. The third-order valence-corrected chi connectivity index (χ3v) is 3.21. The van der Waals surface area contributed by atoms with Gasteiger partial charge in [0, 0.05) is 5.69 Å². The molecule has 1 rings (SSSR count). The highest BCUT2D eigenvalue weighted by atomic mass is 32.1. The summed E-state index contributed by atoms with van der Waals surface area (Å²) in [6, 6.07) is 4.31. The second-order valence-corrected chi connectivity index (χ2v) is 4.81. The molecule has 0 saturated carbocycles. The van der Waals surface area contributed by atoms with E-state index in [2.05, 4.69) is 17.9 Å². The molecule has 100 valence electrons. The van der Waals surface area contributed by atoms with Crippen molar-refractivity contribution in [3.63, 3.8) is 0 Å². The Morgan fingerprint density at radius 3 is 2.11 bits per heavy atom. The van der Waals surface area contributed by atoms with Crippen molar-refractivity contribution in [3.8, 4) is 0 Å². The fraction of sp³-hybridized carbons (Fsp3) is 0.417. The van der Waals surface area contributed by atoms with E-state index in [9.17, 15) is 18.0 Å². The molecule has 0 aromatic heterocycles. The number of nitrogens with one attached hydrogen (secondary N) is 1. The van der Waals surface area contributed by atoms with E-state index in [1.165, 1.54) is 12.1 Å². The maximum absolute atomic E-state index is 12.3. The Morgan fingerprint density at radius 1 is 1.22 bits per heavy atom. The fourth-order valence-electron chi connectivity index (χ4n) is 1.26. The standard InChI is InChI=1S/C12H14F3NOS/c1-7(2)10(18)11(17)16-9-5-3-8(4-6-9)12(13,14)15/h3-7,10,18H,1-2H3,(H,16,17). The third kappa shape index (κ3) is 3.94. The highest BCUT2D eigenvalue weighted by molar-refractivity contribution is 7.81. The van der Waals surface area contributed by atoms with Gasteiger partial charge in [0.1, 0.15) is 0 Å². The Morgan fingerprint density at radius 2 is 1.72 bits per heavy atom. The summed E-state index contributed by atoms with van der Waals surface area (Å²) in [4.78, 5) is 11.6. The molecule has 2 nitrogen and oxygen atoms in total. The van der Waals surface area contributed by atoms with Gasteiger partial charge in [0.25, 0.3) is 0 Å². The second kappa shape index (κ2) is 5.65. The Labute approximate surface area is 109 Å². The van der Waals surface area contributed by atoms with Crippen LogP contribution in [-0.4, -0.2) is 11.2 Å². The largest absolute Gasteiger partial charge is 0.416 e. The zero-order valence-electron chi connectivity index (χ0n) is 9.95. The molecule has 1 aromatic rings. The number of carbonyl (C=O) groups excluding carboxylic acids is 1. The van der Waals surface area contributed by atoms with Gasteiger partial charge in [-0.3, -0.25) is 4.79 Å². The molecule has 1 aromatic carbocycles. The first kappa shape index (κ1) is 14.9. The summed E-state index contributed by atoms with van der Waals surface area (Å²) in [5.41, 5.74) is -0.417. The number of alkyl halides is 3. The van der Waals surface area contributed by atoms with Crippen LogP contribution >= 0.6 is 12.6 Å². The number of hydrogen-bond donors (Lipinski definition) is 2. The number of rotatable bonds is 3. The minimum atomic E-state index is -4.37. The number of amides is 1. The van der Waals surface area contributed by atoms with Crippen LogP contribution in [0.25, 0.3) is 0 Å². The first-order chi connectivity index (χ1) is 8.21. The number of anilines is 1. The van der Waals surface area contributed by atoms with Crippen molar-refractivity contribution >= 4 is 24.2 Å². The summed E-state index contributed by atoms with van der Waals surface area (Å²) >= 11 is 4.12. The molecule has 0 saturated heterocycles. The van der Waals surface area contributed by atoms with Crippen LogP contribution in [0.4, 0.5) is 18.9 Å². The van der Waals surface area contributed by atoms with E-state index >= 15 is 0 Å². The first-order valence-electron chi connectivity index (χ1n) is 5.38. The van der Waals surface area contributed by atoms with Crippen LogP contribution in [0, 0.1) is 5.92 Å². The summed E-state index contributed by atoms with van der Waals surface area (Å²) in [6.07, 6.45) is -4.37. The zero-order chi connectivity index (χ0) is 13.9. The quantitative estimate of drug-likeness (QED) is 0.812. The van der Waals surface area contributed by atoms with Crippen molar-refractivity contribution in [1.82, 2.24) is 0 Å². The maximum atomic E-state index is 12.3. The smallest absolute Gasteiger partial charge is 0.325 e. The van der Waals surface area contributed by atoms with Gasteiger partial charge in [-0.15, -0.1) is 0 Å². The van der Waals surface area contributed by atoms with Gasteiger partial charge in [0.15, 0.2) is 0 Å². The zero-order valence-corrected chi connectivity index (χ0v) is 10.8. The van der Waals surface area contributed by atoms with Crippen LogP contribution in [0.3, 0.4) is 0 Å². The number of carbonyl (C=O) groups is 1. The molecule has 0 radical (unpaired) electrons. The van der Waals surface area contributed by atoms with Crippen LogP contribution in [-0.2, 0) is 11.0 Å². The number of halogens is 3. The molecule has 18 heavy (non-hydrogen) atoms. The van der Waals surface area contributed by atoms with Crippen molar-refractivity contribution < 1.29 is 18.0 Å². The van der Waals surface area contributed by atoms with Gasteiger partial charge in [0.2, 0.25) is 5.91 Å². The van der Waals surface area contributed by atoms with Gasteiger partial charge in [-0.05, 0) is 30.2 Å². The highest BCUT2D eigenvalue weighted by Crippen LogP contribution is 2.29. The lowest BCUT2D eigenvalue weighted by Gasteiger charge is -2.15. The van der Waals surface area contributed by atoms with E-state index in [1.54, 1.807) is 0 Å². The summed E-state index contributed by atoms with van der Waals surface area (Å²) in [5.74, 6) is -0.282. The van der Waals surface area contributed by atoms with Crippen molar-refractivity contribution in [2.75, 3.05) is 5.32 Å². The molecule has 0 aliphatic heterocycles. The monoisotopic (exact) mass is 277 g/mol. The summed E-state index contributed by atoms with van der Waals surface area (Å²) < 4.78 is 36.9. The molecular weight excluding hydrogens is 263 g/mol. The van der Waals surface area contributed by atoms with Crippen molar-refractivity contribution in [1.29, 1.82) is 0 Å². The van der Waals surface area contributed by atoms with Gasteiger partial charge in [-0.25, -0.2) is 0 Å². The van der Waals surface area contributed by atoms with Crippen molar-refractivity contribution in [2.24, 2.45) is 5.92 Å². The SMILES string of the molecule is CC(C)C(S)C(=O)Nc1ccc(C(F)(F)F)cc1. The minimum Gasteiger partial charge on any atom is -0.325 e. The highest BCUT2D eigenvalue weighted by Gasteiger charge is 2.30. The average molecular weight is 277 g/mol. The molecule has 1 amide bonds. The molecular formula is C12H14F3NOS. The minimum absolute atomic E-state index is 0.0442. The molecule has 0 fully saturated rings. The lowest BCUT2D eigenvalue weighted by Crippen LogP contribution is -2.27. The van der Waals surface area contributed by atoms with E-state index in [0.717, 1.165) is 12.1 Å². The van der Waals surface area contributed by atoms with Crippen LogP contribution in [0.5, 0.6) is 0 Å². The predicted molar refractivity (Wildman–Crippen MR) is 67.7 cm³/mol. The van der Waals surface area contributed by atoms with E-state index in [0.29, 0.717) is 5.69 Å². The van der Waals surface area contributed by atoms with Gasteiger partial charge in [-0.2, -0.15) is 25.8 Å². The lowest BCUT2D eigenvalue weighted by atomic mass is 10.1. The molecule has 1 N–H and O–H groups in total. The Balaban J connectivity index is 2.73. The topological polar surface area (TPSA) is 29.1 Å². The first-order valence-corrected chi connectivity index (χ1v) is 5.89. The number of benzene rings is 1. The average Bonchev–Trinajstić information content (AvgIpc) is 2.27. The summed E-state index contributed by atoms with van der Waals surface area (Å²) in [6.45, 7) is 3.67. The van der Waals surface area contributed by atoms with Crippen LogP contribution in [0.1, 0.15) is 19.4 Å². The van der Waals surface area contributed by atoms with Crippen LogP contribution in [0.15, 0.2) is 24.3 Å². The molecule has 0 bridgehead atoms. The Kier molecular flexibility index (Phi) is 4.67. The number of hydrogen-bond acceptors (Lipinski definition) is 2. The van der Waals surface area contributed by atoms with E-state index in [4.69, 9.17) is 0 Å². The van der Waals surface area contributed by atoms with Crippen LogP contribution in [0.2, 0.25) is 0 Å². The van der Waals surface area contributed by atoms with E-state index < -0.39 is 17.0 Å². The van der Waals surface area contributed by atoms with E-state index in [-0.39, 0.29) is 11.8 Å². The fourth-order valence-corrected chi connectivity index (χ4v) is 1.33. The Bertz CT molecular complexity index is 414. The van der Waals surface area contributed by atoms with Crippen molar-refractivity contribution in [3.05, 3.63) is 29.8 Å². The lowest BCUT2D eigenvalue weighted by molar-refractivity contribution is -0.137. The molecule has 1 atom stereocenters.